The molecule has 0 spiro atoms. The van der Waals surface area contributed by atoms with Crippen LogP contribution in [0.15, 0.2) is 48.5 Å². The average molecular weight is 429 g/mol. The van der Waals surface area contributed by atoms with Gasteiger partial charge in [-0.1, -0.05) is 52.0 Å². The van der Waals surface area contributed by atoms with Gasteiger partial charge >= 0.3 is 0 Å². The Balaban J connectivity index is 1.93. The summed E-state index contributed by atoms with van der Waals surface area (Å²) in [6.45, 7) is 9.04. The number of carbonyl (C=O) groups is 2. The molecule has 1 aliphatic heterocycles. The third-order valence-corrected chi connectivity index (χ3v) is 6.56. The molecule has 2 atom stereocenters. The number of thioether (sulfide) groups is 1. The predicted molar refractivity (Wildman–Crippen MR) is 120 cm³/mol. The molecule has 4 nitrogen and oxygen atoms in total. The van der Waals surface area contributed by atoms with Gasteiger partial charge in [0.15, 0.2) is 0 Å². The van der Waals surface area contributed by atoms with Crippen LogP contribution in [0.5, 0.6) is 0 Å². The number of amides is 2. The van der Waals surface area contributed by atoms with Gasteiger partial charge in [0.2, 0.25) is 5.91 Å². The van der Waals surface area contributed by atoms with Crippen molar-refractivity contribution in [1.82, 2.24) is 10.2 Å². The maximum atomic E-state index is 13.4. The summed E-state index contributed by atoms with van der Waals surface area (Å²) in [6, 6.07) is 13.2. The zero-order chi connectivity index (χ0) is 21.9. The number of carbonyl (C=O) groups excluding carboxylic acids is 2. The Morgan fingerprint density at radius 2 is 1.73 bits per heavy atom. The molecule has 0 unspecified atom stereocenters. The Labute approximate surface area is 182 Å². The lowest BCUT2D eigenvalue weighted by molar-refractivity contribution is -0.124. The first-order valence-corrected chi connectivity index (χ1v) is 11.3. The van der Waals surface area contributed by atoms with E-state index >= 15 is 0 Å². The van der Waals surface area contributed by atoms with Crippen LogP contribution in [0.2, 0.25) is 0 Å². The van der Waals surface area contributed by atoms with Gasteiger partial charge in [-0.2, -0.15) is 0 Å². The van der Waals surface area contributed by atoms with Gasteiger partial charge in [0, 0.05) is 17.9 Å². The molecule has 30 heavy (non-hydrogen) atoms. The molecule has 0 saturated carbocycles. The Morgan fingerprint density at radius 3 is 2.30 bits per heavy atom. The van der Waals surface area contributed by atoms with Crippen LogP contribution in [-0.4, -0.2) is 35.1 Å². The molecule has 1 heterocycles. The highest BCUT2D eigenvalue weighted by molar-refractivity contribution is 7.99. The molecule has 1 fully saturated rings. The second-order valence-corrected chi connectivity index (χ2v) is 9.70. The van der Waals surface area contributed by atoms with Crippen molar-refractivity contribution in [2.75, 3.05) is 12.3 Å². The van der Waals surface area contributed by atoms with Crippen LogP contribution in [-0.2, 0) is 10.2 Å². The van der Waals surface area contributed by atoms with Gasteiger partial charge in [-0.3, -0.25) is 9.59 Å². The Kier molecular flexibility index (Phi) is 6.86. The van der Waals surface area contributed by atoms with Gasteiger partial charge in [0.1, 0.15) is 17.2 Å². The van der Waals surface area contributed by atoms with Gasteiger partial charge in [-0.05, 0) is 47.2 Å². The van der Waals surface area contributed by atoms with Gasteiger partial charge in [0.25, 0.3) is 5.91 Å². The van der Waals surface area contributed by atoms with Crippen LogP contribution >= 0.6 is 11.8 Å². The molecular formula is C24H29FN2O2S. The number of halogens is 1. The van der Waals surface area contributed by atoms with E-state index in [1.54, 1.807) is 16.7 Å². The number of hydrogen-bond donors (Lipinski definition) is 1. The number of nitrogens with zero attached hydrogens (tertiary/aromatic N) is 1. The summed E-state index contributed by atoms with van der Waals surface area (Å²) in [5.74, 6) is -0.280. The normalized spacial score (nSPS) is 19.0. The van der Waals surface area contributed by atoms with Gasteiger partial charge in [0.05, 0.1) is 0 Å². The average Bonchev–Trinajstić information content (AvgIpc) is 3.16. The second-order valence-electron chi connectivity index (χ2n) is 8.58. The predicted octanol–water partition coefficient (Wildman–Crippen LogP) is 4.91. The summed E-state index contributed by atoms with van der Waals surface area (Å²) < 4.78 is 13.4. The van der Waals surface area contributed by atoms with E-state index in [9.17, 15) is 14.0 Å². The number of hydrogen-bond acceptors (Lipinski definition) is 3. The van der Waals surface area contributed by atoms with Crippen LogP contribution in [0.25, 0.3) is 0 Å². The Bertz CT molecular complexity index is 891. The van der Waals surface area contributed by atoms with E-state index in [1.165, 1.54) is 29.8 Å². The first-order valence-electron chi connectivity index (χ1n) is 10.3. The molecule has 3 rings (SSSR count). The summed E-state index contributed by atoms with van der Waals surface area (Å²) in [5, 5.41) is 2.65. The smallest absolute Gasteiger partial charge is 0.255 e. The maximum absolute atomic E-state index is 13.4. The molecule has 2 amide bonds. The largest absolute Gasteiger partial charge is 0.354 e. The third kappa shape index (κ3) is 4.86. The highest BCUT2D eigenvalue weighted by Crippen LogP contribution is 2.42. The molecule has 2 aromatic carbocycles. The van der Waals surface area contributed by atoms with Gasteiger partial charge < -0.3 is 10.2 Å². The van der Waals surface area contributed by atoms with E-state index in [1.807, 2.05) is 19.1 Å². The van der Waals surface area contributed by atoms with Crippen LogP contribution < -0.4 is 5.32 Å². The SMILES string of the molecule is CCCNC(=O)[C@H]1CS[C@@H](c2ccc(C(C)(C)C)cc2)N1C(=O)c1ccc(F)cc1. The van der Waals surface area contributed by atoms with E-state index in [0.717, 1.165) is 12.0 Å². The minimum absolute atomic E-state index is 0.0353. The molecule has 0 radical (unpaired) electrons. The molecule has 1 saturated heterocycles. The van der Waals surface area contributed by atoms with Crippen molar-refractivity contribution in [3.63, 3.8) is 0 Å². The van der Waals surface area contributed by atoms with Crippen LogP contribution in [0.3, 0.4) is 0 Å². The summed E-state index contributed by atoms with van der Waals surface area (Å²) >= 11 is 1.58. The highest BCUT2D eigenvalue weighted by atomic mass is 32.2. The first kappa shape index (κ1) is 22.3. The van der Waals surface area contributed by atoms with Crippen molar-refractivity contribution < 1.29 is 14.0 Å². The van der Waals surface area contributed by atoms with Crippen molar-refractivity contribution in [1.29, 1.82) is 0 Å². The number of rotatable bonds is 5. The lowest BCUT2D eigenvalue weighted by Crippen LogP contribution is -2.48. The van der Waals surface area contributed by atoms with Crippen molar-refractivity contribution in [2.45, 2.75) is 50.9 Å². The fourth-order valence-electron chi connectivity index (χ4n) is 3.47. The zero-order valence-electron chi connectivity index (χ0n) is 17.9. The Morgan fingerprint density at radius 1 is 1.10 bits per heavy atom. The van der Waals surface area contributed by atoms with Crippen LogP contribution in [0.1, 0.15) is 61.0 Å². The maximum Gasteiger partial charge on any atom is 0.255 e. The van der Waals surface area contributed by atoms with Crippen molar-refractivity contribution >= 4 is 23.6 Å². The van der Waals surface area contributed by atoms with Crippen LogP contribution in [0.4, 0.5) is 4.39 Å². The van der Waals surface area contributed by atoms with E-state index in [-0.39, 0.29) is 22.6 Å². The van der Waals surface area contributed by atoms with E-state index < -0.39 is 11.9 Å². The molecule has 0 aromatic heterocycles. The van der Waals surface area contributed by atoms with Crippen molar-refractivity contribution in [3.8, 4) is 0 Å². The monoisotopic (exact) mass is 428 g/mol. The minimum Gasteiger partial charge on any atom is -0.354 e. The van der Waals surface area contributed by atoms with Crippen molar-refractivity contribution in [3.05, 3.63) is 71.0 Å². The molecule has 1 N–H and O–H groups in total. The molecule has 6 heteroatoms. The lowest BCUT2D eigenvalue weighted by atomic mass is 9.86. The molecular weight excluding hydrogens is 399 g/mol. The van der Waals surface area contributed by atoms with Crippen LogP contribution in [0, 0.1) is 5.82 Å². The fourth-order valence-corrected chi connectivity index (χ4v) is 4.90. The molecule has 2 aromatic rings. The van der Waals surface area contributed by atoms with Crippen molar-refractivity contribution in [2.24, 2.45) is 0 Å². The molecule has 160 valence electrons. The quantitative estimate of drug-likeness (QED) is 0.736. The number of nitrogens with one attached hydrogen (secondary N) is 1. The first-order chi connectivity index (χ1) is 14.2. The van der Waals surface area contributed by atoms with Gasteiger partial charge in [-0.15, -0.1) is 11.8 Å². The number of benzene rings is 2. The second kappa shape index (κ2) is 9.21. The Hall–Kier alpha value is -2.34. The summed E-state index contributed by atoms with van der Waals surface area (Å²) in [4.78, 5) is 27.8. The molecule has 0 aliphatic carbocycles. The summed E-state index contributed by atoms with van der Waals surface area (Å²) in [6.07, 6.45) is 0.829. The summed E-state index contributed by atoms with van der Waals surface area (Å²) in [7, 11) is 0. The lowest BCUT2D eigenvalue weighted by Gasteiger charge is -2.29. The standard InChI is InChI=1S/C24H29FN2O2S/c1-5-14-26-21(28)20-15-30-23(17-6-10-18(11-7-17)24(2,3)4)27(20)22(29)16-8-12-19(25)13-9-16/h6-13,20,23H,5,14-15H2,1-4H3,(H,26,28)/t20-,23+/m1/s1. The van der Waals surface area contributed by atoms with E-state index in [4.69, 9.17) is 0 Å². The summed E-state index contributed by atoms with van der Waals surface area (Å²) in [5.41, 5.74) is 2.61. The van der Waals surface area contributed by atoms with E-state index in [2.05, 4.69) is 38.2 Å². The highest BCUT2D eigenvalue weighted by Gasteiger charge is 2.42. The zero-order valence-corrected chi connectivity index (χ0v) is 18.8. The fraction of sp³-hybridized carbons (Fsp3) is 0.417. The van der Waals surface area contributed by atoms with E-state index in [0.29, 0.717) is 17.9 Å². The molecule has 0 bridgehead atoms. The molecule has 1 aliphatic rings. The van der Waals surface area contributed by atoms with Gasteiger partial charge in [-0.25, -0.2) is 4.39 Å². The minimum atomic E-state index is -0.564. The third-order valence-electron chi connectivity index (χ3n) is 5.24. The topological polar surface area (TPSA) is 49.4 Å².